The van der Waals surface area contributed by atoms with Crippen molar-refractivity contribution in [1.82, 2.24) is 5.32 Å². The van der Waals surface area contributed by atoms with Crippen molar-refractivity contribution in [3.8, 4) is 0 Å². The molecule has 1 rings (SSSR count). The van der Waals surface area contributed by atoms with Crippen molar-refractivity contribution in [3.05, 3.63) is 47.8 Å². The molecule has 1 unspecified atom stereocenters. The fraction of sp³-hybridized carbons (Fsp3) is 0.385. The van der Waals surface area contributed by atoms with Gasteiger partial charge in [-0.15, -0.1) is 0 Å². The van der Waals surface area contributed by atoms with E-state index in [-0.39, 0.29) is 11.9 Å². The highest BCUT2D eigenvalue weighted by atomic mass is 19.1. The van der Waals surface area contributed by atoms with E-state index in [2.05, 4.69) is 25.7 Å². The van der Waals surface area contributed by atoms with E-state index < -0.39 is 0 Å². The molecule has 0 heterocycles. The summed E-state index contributed by atoms with van der Waals surface area (Å²) in [7, 11) is 0. The zero-order chi connectivity index (χ0) is 11.3. The van der Waals surface area contributed by atoms with Gasteiger partial charge in [-0.3, -0.25) is 0 Å². The molecule has 0 aliphatic heterocycles. The highest BCUT2D eigenvalue weighted by molar-refractivity contribution is 5.19. The molecule has 2 heteroatoms. The van der Waals surface area contributed by atoms with Crippen LogP contribution >= 0.6 is 0 Å². The van der Waals surface area contributed by atoms with Gasteiger partial charge in [0.1, 0.15) is 5.82 Å². The Morgan fingerprint density at radius 1 is 1.40 bits per heavy atom. The Kier molecular flexibility index (Phi) is 4.50. The third-order valence-electron chi connectivity index (χ3n) is 2.53. The summed E-state index contributed by atoms with van der Waals surface area (Å²) in [6, 6.07) is 6.82. The Morgan fingerprint density at radius 3 is 2.53 bits per heavy atom. The summed E-state index contributed by atoms with van der Waals surface area (Å²) in [4.78, 5) is 0. The summed E-state index contributed by atoms with van der Waals surface area (Å²) in [6.07, 6.45) is 0.989. The molecule has 0 aliphatic rings. The van der Waals surface area contributed by atoms with Gasteiger partial charge in [0, 0.05) is 12.6 Å². The zero-order valence-corrected chi connectivity index (χ0v) is 9.39. The molecule has 0 aromatic heterocycles. The van der Waals surface area contributed by atoms with Crippen LogP contribution in [0.4, 0.5) is 4.39 Å². The molecule has 0 saturated heterocycles. The largest absolute Gasteiger partial charge is 0.306 e. The molecular formula is C13H18FN. The van der Waals surface area contributed by atoms with E-state index in [4.69, 9.17) is 0 Å². The van der Waals surface area contributed by atoms with Crippen LogP contribution in [0.5, 0.6) is 0 Å². The monoisotopic (exact) mass is 207 g/mol. The molecule has 1 nitrogen and oxygen atoms in total. The number of nitrogens with one attached hydrogen (secondary N) is 1. The summed E-state index contributed by atoms with van der Waals surface area (Å²) >= 11 is 0. The third kappa shape index (κ3) is 3.84. The first kappa shape index (κ1) is 11.9. The minimum absolute atomic E-state index is 0.191. The van der Waals surface area contributed by atoms with Gasteiger partial charge in [0.2, 0.25) is 0 Å². The molecule has 0 saturated carbocycles. The van der Waals surface area contributed by atoms with Gasteiger partial charge < -0.3 is 5.32 Å². The number of rotatable bonds is 5. The van der Waals surface area contributed by atoms with Crippen LogP contribution in [0.25, 0.3) is 0 Å². The maximum atomic E-state index is 12.7. The fourth-order valence-corrected chi connectivity index (χ4v) is 1.29. The molecule has 1 aromatic rings. The SMILES string of the molecule is C=C(CC)CNC(C)c1ccc(F)cc1. The van der Waals surface area contributed by atoms with Gasteiger partial charge in [-0.1, -0.05) is 31.2 Å². The van der Waals surface area contributed by atoms with Crippen LogP contribution in [0.2, 0.25) is 0 Å². The predicted octanol–water partition coefficient (Wildman–Crippen LogP) is 3.44. The molecule has 1 aromatic carbocycles. The second-order valence-corrected chi connectivity index (χ2v) is 3.76. The third-order valence-corrected chi connectivity index (χ3v) is 2.53. The highest BCUT2D eigenvalue weighted by Crippen LogP contribution is 2.13. The van der Waals surface area contributed by atoms with Gasteiger partial charge in [0.25, 0.3) is 0 Å². The van der Waals surface area contributed by atoms with Crippen LogP contribution in [0, 0.1) is 5.82 Å². The van der Waals surface area contributed by atoms with Crippen molar-refractivity contribution in [2.75, 3.05) is 6.54 Å². The first-order valence-corrected chi connectivity index (χ1v) is 5.29. The molecule has 0 fully saturated rings. The number of benzene rings is 1. The standard InChI is InChI=1S/C13H18FN/c1-4-10(2)9-15-11(3)12-5-7-13(14)8-6-12/h5-8,11,15H,2,4,9H2,1,3H3. The van der Waals surface area contributed by atoms with Crippen molar-refractivity contribution in [3.63, 3.8) is 0 Å². The van der Waals surface area contributed by atoms with Crippen LogP contribution in [0.3, 0.4) is 0 Å². The van der Waals surface area contributed by atoms with Crippen LogP contribution in [0.15, 0.2) is 36.4 Å². The molecule has 1 atom stereocenters. The molecular weight excluding hydrogens is 189 g/mol. The predicted molar refractivity (Wildman–Crippen MR) is 62.2 cm³/mol. The van der Waals surface area contributed by atoms with Gasteiger partial charge in [-0.2, -0.15) is 0 Å². The Labute approximate surface area is 91.0 Å². The van der Waals surface area contributed by atoms with E-state index in [0.29, 0.717) is 0 Å². The number of hydrogen-bond donors (Lipinski definition) is 1. The lowest BCUT2D eigenvalue weighted by Crippen LogP contribution is -2.20. The maximum absolute atomic E-state index is 12.7. The Hall–Kier alpha value is -1.15. The van der Waals surface area contributed by atoms with Gasteiger partial charge in [0.05, 0.1) is 0 Å². The van der Waals surface area contributed by atoms with E-state index in [1.807, 2.05) is 12.1 Å². The lowest BCUT2D eigenvalue weighted by molar-refractivity contribution is 0.595. The lowest BCUT2D eigenvalue weighted by atomic mass is 10.1. The molecule has 0 radical (unpaired) electrons. The van der Waals surface area contributed by atoms with E-state index >= 15 is 0 Å². The summed E-state index contributed by atoms with van der Waals surface area (Å²) in [6.45, 7) is 8.90. The maximum Gasteiger partial charge on any atom is 0.123 e. The molecule has 0 bridgehead atoms. The summed E-state index contributed by atoms with van der Waals surface area (Å²) < 4.78 is 12.7. The van der Waals surface area contributed by atoms with Crippen LogP contribution in [-0.4, -0.2) is 6.54 Å². The van der Waals surface area contributed by atoms with Gasteiger partial charge in [0.15, 0.2) is 0 Å². The van der Waals surface area contributed by atoms with E-state index in [0.717, 1.165) is 18.5 Å². The molecule has 82 valence electrons. The molecule has 15 heavy (non-hydrogen) atoms. The minimum Gasteiger partial charge on any atom is -0.306 e. The highest BCUT2D eigenvalue weighted by Gasteiger charge is 2.04. The first-order chi connectivity index (χ1) is 7.13. The number of halogens is 1. The van der Waals surface area contributed by atoms with Crippen LogP contribution in [0.1, 0.15) is 31.9 Å². The smallest absolute Gasteiger partial charge is 0.123 e. The van der Waals surface area contributed by atoms with Crippen LogP contribution in [-0.2, 0) is 0 Å². The normalized spacial score (nSPS) is 12.5. The van der Waals surface area contributed by atoms with Gasteiger partial charge >= 0.3 is 0 Å². The van der Waals surface area contributed by atoms with Crippen molar-refractivity contribution in [2.45, 2.75) is 26.3 Å². The lowest BCUT2D eigenvalue weighted by Gasteiger charge is -2.14. The minimum atomic E-state index is -0.191. The molecule has 0 aliphatic carbocycles. The van der Waals surface area contributed by atoms with Crippen LogP contribution < -0.4 is 5.32 Å². The Morgan fingerprint density at radius 2 is 2.00 bits per heavy atom. The number of hydrogen-bond acceptors (Lipinski definition) is 1. The average Bonchev–Trinajstić information content (AvgIpc) is 2.26. The quantitative estimate of drug-likeness (QED) is 0.729. The molecule has 0 amide bonds. The van der Waals surface area contributed by atoms with E-state index in [9.17, 15) is 4.39 Å². The molecule has 0 spiro atoms. The van der Waals surface area contributed by atoms with Gasteiger partial charge in [-0.05, 0) is 31.0 Å². The summed E-state index contributed by atoms with van der Waals surface area (Å²) in [5.74, 6) is -0.191. The van der Waals surface area contributed by atoms with Gasteiger partial charge in [-0.25, -0.2) is 4.39 Å². The Balaban J connectivity index is 2.50. The second-order valence-electron chi connectivity index (χ2n) is 3.76. The second kappa shape index (κ2) is 5.66. The van der Waals surface area contributed by atoms with Crippen molar-refractivity contribution < 1.29 is 4.39 Å². The van der Waals surface area contributed by atoms with Crippen molar-refractivity contribution >= 4 is 0 Å². The first-order valence-electron chi connectivity index (χ1n) is 5.29. The zero-order valence-electron chi connectivity index (χ0n) is 9.39. The van der Waals surface area contributed by atoms with Crippen molar-refractivity contribution in [2.24, 2.45) is 0 Å². The topological polar surface area (TPSA) is 12.0 Å². The van der Waals surface area contributed by atoms with E-state index in [1.165, 1.54) is 17.7 Å². The van der Waals surface area contributed by atoms with E-state index in [1.54, 1.807) is 0 Å². The summed E-state index contributed by atoms with van der Waals surface area (Å²) in [5, 5.41) is 3.35. The van der Waals surface area contributed by atoms with Crippen molar-refractivity contribution in [1.29, 1.82) is 0 Å². The summed E-state index contributed by atoms with van der Waals surface area (Å²) in [5.41, 5.74) is 2.28. The molecule has 1 N–H and O–H groups in total. The Bertz CT molecular complexity index is 316. The fourth-order valence-electron chi connectivity index (χ4n) is 1.29. The average molecular weight is 207 g/mol.